The van der Waals surface area contributed by atoms with Gasteiger partial charge in [0.15, 0.2) is 0 Å². The normalized spacial score (nSPS) is 12.7. The maximum absolute atomic E-state index is 12.3. The van der Waals surface area contributed by atoms with Gasteiger partial charge in [-0.05, 0) is 36.2 Å². The van der Waals surface area contributed by atoms with E-state index >= 15 is 0 Å². The molecule has 2 aromatic carbocycles. The fourth-order valence-corrected chi connectivity index (χ4v) is 2.91. The second-order valence-electron chi connectivity index (χ2n) is 6.17. The first-order valence-electron chi connectivity index (χ1n) is 8.54. The Morgan fingerprint density at radius 1 is 1.00 bits per heavy atom. The average Bonchev–Trinajstić information content (AvgIpc) is 2.90. The maximum atomic E-state index is 12.3. The summed E-state index contributed by atoms with van der Waals surface area (Å²) >= 11 is 0. The van der Waals surface area contributed by atoms with Crippen LogP contribution in [0.25, 0.3) is 0 Å². The molecule has 4 amide bonds. The van der Waals surface area contributed by atoms with Crippen molar-refractivity contribution >= 4 is 29.3 Å². The van der Waals surface area contributed by atoms with E-state index in [9.17, 15) is 19.2 Å². The molecule has 0 bridgehead atoms. The van der Waals surface area contributed by atoms with Crippen LogP contribution in [0, 0.1) is 0 Å². The van der Waals surface area contributed by atoms with Crippen molar-refractivity contribution < 1.29 is 19.2 Å². The highest BCUT2D eigenvalue weighted by Gasteiger charge is 2.33. The van der Waals surface area contributed by atoms with E-state index in [0.717, 1.165) is 16.9 Å². The van der Waals surface area contributed by atoms with Crippen LogP contribution in [0.4, 0.5) is 5.69 Å². The van der Waals surface area contributed by atoms with Crippen LogP contribution in [-0.4, -0.2) is 42.1 Å². The van der Waals surface area contributed by atoms with E-state index in [-0.39, 0.29) is 29.1 Å². The molecule has 0 radical (unpaired) electrons. The van der Waals surface area contributed by atoms with Gasteiger partial charge in [0.2, 0.25) is 5.91 Å². The van der Waals surface area contributed by atoms with E-state index in [1.807, 2.05) is 25.1 Å². The Kier molecular flexibility index (Phi) is 5.03. The molecule has 0 saturated heterocycles. The lowest BCUT2D eigenvalue weighted by atomic mass is 10.1. The maximum Gasteiger partial charge on any atom is 0.261 e. The molecule has 3 rings (SSSR count). The van der Waals surface area contributed by atoms with Crippen molar-refractivity contribution in [2.75, 3.05) is 18.9 Å². The zero-order valence-electron chi connectivity index (χ0n) is 15.0. The number of fused-ring (bicyclic) bond motifs is 1. The second kappa shape index (κ2) is 7.41. The summed E-state index contributed by atoms with van der Waals surface area (Å²) in [6, 6.07) is 11.7. The molecule has 27 heavy (non-hydrogen) atoms. The standard InChI is InChI=1S/C20H19N3O4/c1-3-12-6-4-5-7-16(12)22-17(24)11-21-18(25)13-8-9-14-15(10-13)20(27)23(2)19(14)26/h4-10H,3,11H2,1-2H3,(H,21,25)(H,22,24). The van der Waals surface area contributed by atoms with Gasteiger partial charge in [0.05, 0.1) is 17.7 Å². The number of nitrogens with one attached hydrogen (secondary N) is 2. The highest BCUT2D eigenvalue weighted by molar-refractivity contribution is 6.21. The number of para-hydroxylation sites is 1. The number of rotatable bonds is 5. The third kappa shape index (κ3) is 3.57. The molecular weight excluding hydrogens is 346 g/mol. The van der Waals surface area contributed by atoms with Gasteiger partial charge in [-0.15, -0.1) is 0 Å². The second-order valence-corrected chi connectivity index (χ2v) is 6.17. The summed E-state index contributed by atoms with van der Waals surface area (Å²) in [6.45, 7) is 1.78. The van der Waals surface area contributed by atoms with Crippen molar-refractivity contribution in [3.05, 3.63) is 64.7 Å². The van der Waals surface area contributed by atoms with Crippen molar-refractivity contribution in [3.63, 3.8) is 0 Å². The van der Waals surface area contributed by atoms with Gasteiger partial charge in [-0.3, -0.25) is 24.1 Å². The number of hydrogen-bond donors (Lipinski definition) is 2. The average molecular weight is 365 g/mol. The number of aryl methyl sites for hydroxylation is 1. The first kappa shape index (κ1) is 18.3. The Morgan fingerprint density at radius 3 is 2.44 bits per heavy atom. The van der Waals surface area contributed by atoms with Crippen LogP contribution in [0.15, 0.2) is 42.5 Å². The Hall–Kier alpha value is -3.48. The summed E-state index contributed by atoms with van der Waals surface area (Å²) in [6.07, 6.45) is 0.777. The number of nitrogens with zero attached hydrogens (tertiary/aromatic N) is 1. The molecule has 7 heteroatoms. The molecule has 1 aliphatic heterocycles. The zero-order chi connectivity index (χ0) is 19.6. The lowest BCUT2D eigenvalue weighted by molar-refractivity contribution is -0.115. The van der Waals surface area contributed by atoms with Gasteiger partial charge in [-0.2, -0.15) is 0 Å². The van der Waals surface area contributed by atoms with Gasteiger partial charge in [0.1, 0.15) is 0 Å². The summed E-state index contributed by atoms with van der Waals surface area (Å²) in [5, 5.41) is 5.29. The van der Waals surface area contributed by atoms with Gasteiger partial charge in [-0.25, -0.2) is 0 Å². The van der Waals surface area contributed by atoms with Gasteiger partial charge in [0, 0.05) is 18.3 Å². The van der Waals surface area contributed by atoms with E-state index in [2.05, 4.69) is 10.6 Å². The predicted molar refractivity (Wildman–Crippen MR) is 99.6 cm³/mol. The monoisotopic (exact) mass is 365 g/mol. The highest BCUT2D eigenvalue weighted by Crippen LogP contribution is 2.22. The molecule has 0 aliphatic carbocycles. The third-order valence-electron chi connectivity index (χ3n) is 4.43. The minimum atomic E-state index is -0.494. The van der Waals surface area contributed by atoms with Crippen LogP contribution in [0.1, 0.15) is 43.6 Å². The fourth-order valence-electron chi connectivity index (χ4n) is 2.91. The molecular formula is C20H19N3O4. The van der Waals surface area contributed by atoms with Crippen molar-refractivity contribution in [1.29, 1.82) is 0 Å². The summed E-state index contributed by atoms with van der Waals surface area (Å²) < 4.78 is 0. The summed E-state index contributed by atoms with van der Waals surface area (Å²) in [4.78, 5) is 49.3. The Balaban J connectivity index is 1.64. The topological polar surface area (TPSA) is 95.6 Å². The summed E-state index contributed by atoms with van der Waals surface area (Å²) in [7, 11) is 1.39. The zero-order valence-corrected chi connectivity index (χ0v) is 15.0. The van der Waals surface area contributed by atoms with E-state index in [1.54, 1.807) is 6.07 Å². The van der Waals surface area contributed by atoms with Crippen molar-refractivity contribution in [2.45, 2.75) is 13.3 Å². The quantitative estimate of drug-likeness (QED) is 0.791. The molecule has 0 spiro atoms. The number of hydrogen-bond acceptors (Lipinski definition) is 4. The minimum absolute atomic E-state index is 0.191. The van der Waals surface area contributed by atoms with Gasteiger partial charge < -0.3 is 10.6 Å². The SMILES string of the molecule is CCc1ccccc1NC(=O)CNC(=O)c1ccc2c(c1)C(=O)N(C)C2=O. The lowest BCUT2D eigenvalue weighted by Gasteiger charge is -2.10. The van der Waals surface area contributed by atoms with Crippen LogP contribution in [0.5, 0.6) is 0 Å². The molecule has 0 atom stereocenters. The molecule has 1 aliphatic rings. The Bertz CT molecular complexity index is 952. The van der Waals surface area contributed by atoms with Gasteiger partial charge >= 0.3 is 0 Å². The number of imide groups is 1. The molecule has 0 fully saturated rings. The molecule has 138 valence electrons. The predicted octanol–water partition coefficient (Wildman–Crippen LogP) is 1.84. The molecule has 0 aromatic heterocycles. The van der Waals surface area contributed by atoms with Crippen molar-refractivity contribution in [1.82, 2.24) is 10.2 Å². The van der Waals surface area contributed by atoms with Crippen LogP contribution < -0.4 is 10.6 Å². The minimum Gasteiger partial charge on any atom is -0.343 e. The lowest BCUT2D eigenvalue weighted by Crippen LogP contribution is -2.33. The van der Waals surface area contributed by atoms with Gasteiger partial charge in [0.25, 0.3) is 17.7 Å². The largest absolute Gasteiger partial charge is 0.343 e. The van der Waals surface area contributed by atoms with Crippen LogP contribution in [0.3, 0.4) is 0 Å². The van der Waals surface area contributed by atoms with E-state index in [1.165, 1.54) is 25.2 Å². The first-order chi connectivity index (χ1) is 12.9. The Morgan fingerprint density at radius 2 is 1.70 bits per heavy atom. The first-order valence-corrected chi connectivity index (χ1v) is 8.54. The highest BCUT2D eigenvalue weighted by atomic mass is 16.2. The van der Waals surface area contributed by atoms with Crippen LogP contribution in [0.2, 0.25) is 0 Å². The smallest absolute Gasteiger partial charge is 0.261 e. The van der Waals surface area contributed by atoms with Crippen LogP contribution in [-0.2, 0) is 11.2 Å². The van der Waals surface area contributed by atoms with Crippen LogP contribution >= 0.6 is 0 Å². The van der Waals surface area contributed by atoms with E-state index in [4.69, 9.17) is 0 Å². The molecule has 2 aromatic rings. The number of carbonyl (C=O) groups is 4. The Labute approximate surface area is 156 Å². The number of anilines is 1. The molecule has 7 nitrogen and oxygen atoms in total. The number of amides is 4. The molecule has 0 saturated carbocycles. The van der Waals surface area contributed by atoms with Gasteiger partial charge in [-0.1, -0.05) is 25.1 Å². The fraction of sp³-hybridized carbons (Fsp3) is 0.200. The van der Waals surface area contributed by atoms with E-state index in [0.29, 0.717) is 5.69 Å². The van der Waals surface area contributed by atoms with Crippen molar-refractivity contribution in [2.24, 2.45) is 0 Å². The summed E-state index contributed by atoms with van der Waals surface area (Å²) in [5.74, 6) is -1.68. The third-order valence-corrected chi connectivity index (χ3v) is 4.43. The number of carbonyl (C=O) groups excluding carboxylic acids is 4. The van der Waals surface area contributed by atoms with Crippen molar-refractivity contribution in [3.8, 4) is 0 Å². The molecule has 2 N–H and O–H groups in total. The number of benzene rings is 2. The molecule has 1 heterocycles. The molecule has 0 unspecified atom stereocenters. The summed E-state index contributed by atoms with van der Waals surface area (Å²) in [5.41, 5.74) is 2.39. The van der Waals surface area contributed by atoms with E-state index < -0.39 is 17.7 Å².